The molecule has 1 saturated heterocycles. The molecule has 146 valence electrons. The molecule has 1 fully saturated rings. The molecule has 0 radical (unpaired) electrons. The van der Waals surface area contributed by atoms with E-state index < -0.39 is 0 Å². The number of aromatic nitrogens is 5. The maximum absolute atomic E-state index is 4.52. The first-order chi connectivity index (χ1) is 13.7. The fourth-order valence-corrected chi connectivity index (χ4v) is 3.87. The fourth-order valence-electron chi connectivity index (χ4n) is 3.87. The molecule has 1 aromatic carbocycles. The second-order valence-corrected chi connectivity index (χ2v) is 7.52. The molecule has 0 amide bonds. The minimum absolute atomic E-state index is 0.490. The van der Waals surface area contributed by atoms with Gasteiger partial charge in [-0.25, -0.2) is 4.98 Å². The summed E-state index contributed by atoms with van der Waals surface area (Å²) in [5.41, 5.74) is 1.26. The van der Waals surface area contributed by atoms with E-state index in [-0.39, 0.29) is 0 Å². The fraction of sp³-hybridized carbons (Fsp3) is 0.409. The van der Waals surface area contributed by atoms with Gasteiger partial charge in [0.15, 0.2) is 5.82 Å². The molecule has 0 unspecified atom stereocenters. The summed E-state index contributed by atoms with van der Waals surface area (Å²) in [6, 6.07) is 10.5. The summed E-state index contributed by atoms with van der Waals surface area (Å²) in [7, 11) is 2.09. The van der Waals surface area contributed by atoms with E-state index in [2.05, 4.69) is 78.7 Å². The predicted molar refractivity (Wildman–Crippen MR) is 111 cm³/mol. The molecule has 0 atom stereocenters. The van der Waals surface area contributed by atoms with Gasteiger partial charge in [-0.05, 0) is 38.4 Å². The molecule has 4 rings (SSSR count). The lowest BCUT2D eigenvalue weighted by Gasteiger charge is -2.30. The van der Waals surface area contributed by atoms with Crippen molar-refractivity contribution in [3.05, 3.63) is 71.8 Å². The molecule has 0 saturated carbocycles. The van der Waals surface area contributed by atoms with Gasteiger partial charge in [0, 0.05) is 31.9 Å². The Labute approximate surface area is 166 Å². The van der Waals surface area contributed by atoms with E-state index in [0.717, 1.165) is 56.5 Å². The van der Waals surface area contributed by atoms with Crippen molar-refractivity contribution in [1.82, 2.24) is 29.2 Å². The number of likely N-dealkylation sites (tertiary alicyclic amines) is 1. The summed E-state index contributed by atoms with van der Waals surface area (Å²) in [4.78, 5) is 6.80. The van der Waals surface area contributed by atoms with Gasteiger partial charge in [-0.1, -0.05) is 42.5 Å². The second-order valence-electron chi connectivity index (χ2n) is 7.52. The first-order valence-corrected chi connectivity index (χ1v) is 10.0. The molecular formula is C22H28N6. The highest BCUT2D eigenvalue weighted by atomic mass is 15.3. The summed E-state index contributed by atoms with van der Waals surface area (Å²) in [5, 5.41) is 8.97. The summed E-state index contributed by atoms with van der Waals surface area (Å²) in [6.45, 7) is 5.95. The van der Waals surface area contributed by atoms with Gasteiger partial charge in [0.25, 0.3) is 0 Å². The van der Waals surface area contributed by atoms with Crippen LogP contribution in [0, 0.1) is 6.92 Å². The minimum Gasteiger partial charge on any atom is -0.328 e. The molecule has 3 aromatic rings. The SMILES string of the molecule is Cc1nccn1Cc1nnc(C2CCN(CC=Cc3ccccc3)CC2)n1C. The monoisotopic (exact) mass is 376 g/mol. The van der Waals surface area contributed by atoms with E-state index in [4.69, 9.17) is 0 Å². The molecule has 2 aromatic heterocycles. The summed E-state index contributed by atoms with van der Waals surface area (Å²) >= 11 is 0. The highest BCUT2D eigenvalue weighted by Gasteiger charge is 2.24. The quantitative estimate of drug-likeness (QED) is 0.663. The van der Waals surface area contributed by atoms with Gasteiger partial charge in [-0.3, -0.25) is 4.90 Å². The van der Waals surface area contributed by atoms with E-state index in [1.165, 1.54) is 5.56 Å². The van der Waals surface area contributed by atoms with Crippen LogP contribution in [-0.2, 0) is 13.6 Å². The smallest absolute Gasteiger partial charge is 0.152 e. The average molecular weight is 377 g/mol. The van der Waals surface area contributed by atoms with E-state index >= 15 is 0 Å². The lowest BCUT2D eigenvalue weighted by molar-refractivity contribution is 0.227. The molecule has 6 nitrogen and oxygen atoms in total. The number of piperidine rings is 1. The Hall–Kier alpha value is -2.73. The van der Waals surface area contributed by atoms with Gasteiger partial charge < -0.3 is 9.13 Å². The Bertz CT molecular complexity index is 916. The number of benzene rings is 1. The first-order valence-electron chi connectivity index (χ1n) is 10.0. The van der Waals surface area contributed by atoms with Crippen LogP contribution in [0.5, 0.6) is 0 Å². The standard InChI is InChI=1S/C22H28N6/c1-18-23-12-16-28(18)17-21-24-25-22(26(21)2)20-10-14-27(15-11-20)13-6-9-19-7-4-3-5-8-19/h3-9,12,16,20H,10-11,13-15,17H2,1-2H3. The number of hydrogen-bond acceptors (Lipinski definition) is 4. The third kappa shape index (κ3) is 4.22. The third-order valence-electron chi connectivity index (χ3n) is 5.66. The van der Waals surface area contributed by atoms with Gasteiger partial charge in [0.05, 0.1) is 6.54 Å². The van der Waals surface area contributed by atoms with Gasteiger partial charge >= 0.3 is 0 Å². The van der Waals surface area contributed by atoms with Crippen LogP contribution < -0.4 is 0 Å². The maximum Gasteiger partial charge on any atom is 0.152 e. The van der Waals surface area contributed by atoms with Crippen LogP contribution in [0.4, 0.5) is 0 Å². The molecule has 1 aliphatic heterocycles. The van der Waals surface area contributed by atoms with Crippen molar-refractivity contribution in [3.8, 4) is 0 Å². The number of aryl methyl sites for hydroxylation is 1. The predicted octanol–water partition coefficient (Wildman–Crippen LogP) is 3.26. The van der Waals surface area contributed by atoms with Crippen molar-refractivity contribution >= 4 is 6.08 Å². The van der Waals surface area contributed by atoms with Crippen LogP contribution in [-0.4, -0.2) is 48.8 Å². The Morgan fingerprint density at radius 3 is 2.61 bits per heavy atom. The molecule has 28 heavy (non-hydrogen) atoms. The van der Waals surface area contributed by atoms with Crippen LogP contribution in [0.15, 0.2) is 48.8 Å². The number of nitrogens with zero attached hydrogens (tertiary/aromatic N) is 6. The Balaban J connectivity index is 1.31. The molecule has 0 spiro atoms. The van der Waals surface area contributed by atoms with Crippen LogP contribution in [0.3, 0.4) is 0 Å². The van der Waals surface area contributed by atoms with E-state index in [0.29, 0.717) is 5.92 Å². The lowest BCUT2D eigenvalue weighted by Crippen LogP contribution is -2.33. The molecule has 6 heteroatoms. The van der Waals surface area contributed by atoms with Gasteiger partial charge in [-0.2, -0.15) is 0 Å². The molecule has 0 bridgehead atoms. The summed E-state index contributed by atoms with van der Waals surface area (Å²) < 4.78 is 4.28. The minimum atomic E-state index is 0.490. The van der Waals surface area contributed by atoms with Gasteiger partial charge in [0.2, 0.25) is 0 Å². The number of imidazole rings is 1. The van der Waals surface area contributed by atoms with Crippen molar-refractivity contribution in [2.75, 3.05) is 19.6 Å². The number of hydrogen-bond donors (Lipinski definition) is 0. The average Bonchev–Trinajstić information content (AvgIpc) is 3.29. The van der Waals surface area contributed by atoms with Crippen molar-refractivity contribution in [2.45, 2.75) is 32.2 Å². The van der Waals surface area contributed by atoms with Crippen molar-refractivity contribution in [1.29, 1.82) is 0 Å². The largest absolute Gasteiger partial charge is 0.328 e. The normalized spacial score (nSPS) is 16.2. The van der Waals surface area contributed by atoms with E-state index in [1.807, 2.05) is 19.3 Å². The van der Waals surface area contributed by atoms with Gasteiger partial charge in [-0.15, -0.1) is 10.2 Å². The highest BCUT2D eigenvalue weighted by Crippen LogP contribution is 2.27. The molecule has 0 aliphatic carbocycles. The van der Waals surface area contributed by atoms with Crippen molar-refractivity contribution < 1.29 is 0 Å². The molecule has 1 aliphatic rings. The summed E-state index contributed by atoms with van der Waals surface area (Å²) in [5.74, 6) is 3.60. The first kappa shape index (κ1) is 18.6. The van der Waals surface area contributed by atoms with Crippen LogP contribution in [0.1, 0.15) is 41.8 Å². The Morgan fingerprint density at radius 2 is 1.89 bits per heavy atom. The second kappa shape index (κ2) is 8.52. The maximum atomic E-state index is 4.52. The van der Waals surface area contributed by atoms with E-state index in [9.17, 15) is 0 Å². The zero-order valence-electron chi connectivity index (χ0n) is 16.7. The van der Waals surface area contributed by atoms with Crippen LogP contribution in [0.2, 0.25) is 0 Å². The lowest BCUT2D eigenvalue weighted by atomic mass is 9.96. The van der Waals surface area contributed by atoms with Gasteiger partial charge in [0.1, 0.15) is 11.6 Å². The molecule has 0 N–H and O–H groups in total. The molecular weight excluding hydrogens is 348 g/mol. The summed E-state index contributed by atoms with van der Waals surface area (Å²) in [6.07, 6.45) is 10.6. The zero-order valence-corrected chi connectivity index (χ0v) is 16.7. The topological polar surface area (TPSA) is 51.8 Å². The third-order valence-corrected chi connectivity index (χ3v) is 5.66. The Morgan fingerprint density at radius 1 is 1.11 bits per heavy atom. The van der Waals surface area contributed by atoms with E-state index in [1.54, 1.807) is 0 Å². The highest BCUT2D eigenvalue weighted by molar-refractivity contribution is 5.48. The van der Waals surface area contributed by atoms with Crippen LogP contribution in [0.25, 0.3) is 6.08 Å². The number of rotatable bonds is 6. The zero-order chi connectivity index (χ0) is 19.3. The Kier molecular flexibility index (Phi) is 5.67. The van der Waals surface area contributed by atoms with Crippen molar-refractivity contribution in [2.24, 2.45) is 7.05 Å². The van der Waals surface area contributed by atoms with Crippen LogP contribution >= 0.6 is 0 Å². The molecule has 3 heterocycles. The van der Waals surface area contributed by atoms with Crippen molar-refractivity contribution in [3.63, 3.8) is 0 Å².